The summed E-state index contributed by atoms with van der Waals surface area (Å²) >= 11 is 0. The third-order valence-corrected chi connectivity index (χ3v) is 5.28. The van der Waals surface area contributed by atoms with E-state index < -0.39 is 0 Å². The molecule has 6 nitrogen and oxygen atoms in total. The van der Waals surface area contributed by atoms with Gasteiger partial charge in [0, 0.05) is 37.3 Å². The van der Waals surface area contributed by atoms with Crippen LogP contribution in [0.1, 0.15) is 31.8 Å². The number of carbonyl (C=O) groups excluding carboxylic acids is 2. The number of aromatic nitrogens is 2. The molecule has 6 heteroatoms. The summed E-state index contributed by atoms with van der Waals surface area (Å²) in [6, 6.07) is 11.3. The molecule has 0 bridgehead atoms. The van der Waals surface area contributed by atoms with Crippen LogP contribution in [0.3, 0.4) is 0 Å². The van der Waals surface area contributed by atoms with Gasteiger partial charge in [-0.05, 0) is 55.3 Å². The summed E-state index contributed by atoms with van der Waals surface area (Å²) in [4.78, 5) is 36.4. The Morgan fingerprint density at radius 3 is 2.07 bits per heavy atom. The van der Waals surface area contributed by atoms with E-state index in [2.05, 4.69) is 9.97 Å². The van der Waals surface area contributed by atoms with Gasteiger partial charge in [-0.15, -0.1) is 0 Å². The number of H-pyrrole nitrogens is 1. The van der Waals surface area contributed by atoms with Crippen molar-refractivity contribution in [1.29, 1.82) is 0 Å². The minimum atomic E-state index is -0.00946. The van der Waals surface area contributed by atoms with Gasteiger partial charge in [-0.2, -0.15) is 0 Å². The number of nitrogens with one attached hydrogen (secondary N) is 1. The highest BCUT2D eigenvalue weighted by Gasteiger charge is 2.25. The van der Waals surface area contributed by atoms with Crippen LogP contribution in [0.15, 0.2) is 42.7 Å². The lowest BCUT2D eigenvalue weighted by Gasteiger charge is -2.35. The van der Waals surface area contributed by atoms with E-state index in [-0.39, 0.29) is 11.8 Å². The molecule has 3 aromatic rings. The highest BCUT2D eigenvalue weighted by atomic mass is 16.2. The van der Waals surface area contributed by atoms with Gasteiger partial charge < -0.3 is 14.8 Å². The zero-order chi connectivity index (χ0) is 19.0. The highest BCUT2D eigenvalue weighted by molar-refractivity contribution is 5.98. The molecule has 0 radical (unpaired) electrons. The lowest BCUT2D eigenvalue weighted by Crippen LogP contribution is -2.50. The molecule has 0 saturated carbocycles. The molecule has 0 unspecified atom stereocenters. The largest absolute Gasteiger partial charge is 0.345 e. The molecule has 0 atom stereocenters. The quantitative estimate of drug-likeness (QED) is 0.762. The number of amides is 2. The summed E-state index contributed by atoms with van der Waals surface area (Å²) in [6.45, 7) is 6.22. The number of hydrogen-bond acceptors (Lipinski definition) is 3. The SMILES string of the molecule is Cc1ccc(C(=O)N2CCN(C(=O)c3ccc4nc[nH]c4c3)CC2)cc1C. The van der Waals surface area contributed by atoms with E-state index in [0.29, 0.717) is 37.3 Å². The number of benzene rings is 2. The van der Waals surface area contributed by atoms with E-state index in [1.165, 1.54) is 5.56 Å². The van der Waals surface area contributed by atoms with Crippen LogP contribution in [-0.4, -0.2) is 57.8 Å². The molecule has 1 N–H and O–H groups in total. The Morgan fingerprint density at radius 2 is 1.44 bits per heavy atom. The average molecular weight is 362 g/mol. The molecule has 1 aliphatic rings. The molecule has 1 saturated heterocycles. The van der Waals surface area contributed by atoms with Crippen molar-refractivity contribution in [2.75, 3.05) is 26.2 Å². The van der Waals surface area contributed by atoms with Gasteiger partial charge in [0.1, 0.15) is 0 Å². The smallest absolute Gasteiger partial charge is 0.254 e. The first-order valence-electron chi connectivity index (χ1n) is 9.12. The number of hydrogen-bond donors (Lipinski definition) is 1. The molecule has 2 amide bonds. The van der Waals surface area contributed by atoms with Crippen molar-refractivity contribution in [1.82, 2.24) is 19.8 Å². The van der Waals surface area contributed by atoms with Crippen molar-refractivity contribution in [2.24, 2.45) is 0 Å². The van der Waals surface area contributed by atoms with Gasteiger partial charge in [0.15, 0.2) is 0 Å². The Balaban J connectivity index is 1.42. The van der Waals surface area contributed by atoms with Gasteiger partial charge >= 0.3 is 0 Å². The number of aromatic amines is 1. The Morgan fingerprint density at radius 1 is 0.852 bits per heavy atom. The molecule has 1 aromatic heterocycles. The van der Waals surface area contributed by atoms with Crippen LogP contribution < -0.4 is 0 Å². The first-order valence-corrected chi connectivity index (χ1v) is 9.12. The van der Waals surface area contributed by atoms with Gasteiger partial charge in [-0.3, -0.25) is 9.59 Å². The fourth-order valence-corrected chi connectivity index (χ4v) is 3.42. The first kappa shape index (κ1) is 17.3. The molecule has 0 spiro atoms. The van der Waals surface area contributed by atoms with Crippen LogP contribution in [0.5, 0.6) is 0 Å². The number of imidazole rings is 1. The van der Waals surface area contributed by atoms with Crippen molar-refractivity contribution in [3.8, 4) is 0 Å². The van der Waals surface area contributed by atoms with E-state index >= 15 is 0 Å². The molecule has 138 valence electrons. The maximum Gasteiger partial charge on any atom is 0.254 e. The lowest BCUT2D eigenvalue weighted by atomic mass is 10.1. The minimum absolute atomic E-state index is 0.00946. The van der Waals surface area contributed by atoms with Gasteiger partial charge in [-0.25, -0.2) is 4.98 Å². The zero-order valence-electron chi connectivity index (χ0n) is 15.5. The number of rotatable bonds is 2. The predicted molar refractivity (Wildman–Crippen MR) is 104 cm³/mol. The van der Waals surface area contributed by atoms with Gasteiger partial charge in [0.25, 0.3) is 11.8 Å². The summed E-state index contributed by atoms with van der Waals surface area (Å²) in [6.07, 6.45) is 1.62. The Labute approximate surface area is 157 Å². The van der Waals surface area contributed by atoms with Crippen molar-refractivity contribution < 1.29 is 9.59 Å². The zero-order valence-corrected chi connectivity index (χ0v) is 15.5. The number of nitrogens with zero attached hydrogens (tertiary/aromatic N) is 3. The average Bonchev–Trinajstić information content (AvgIpc) is 3.17. The second kappa shape index (κ2) is 6.87. The lowest BCUT2D eigenvalue weighted by molar-refractivity contribution is 0.0535. The molecule has 2 aromatic carbocycles. The second-order valence-electron chi connectivity index (χ2n) is 7.02. The van der Waals surface area contributed by atoms with Gasteiger partial charge in [0.05, 0.1) is 17.4 Å². The Kier molecular flexibility index (Phi) is 4.39. The third-order valence-electron chi connectivity index (χ3n) is 5.28. The molecule has 2 heterocycles. The van der Waals surface area contributed by atoms with E-state index in [9.17, 15) is 9.59 Å². The molecule has 4 rings (SSSR count). The van der Waals surface area contributed by atoms with E-state index in [1.54, 1.807) is 12.4 Å². The summed E-state index contributed by atoms with van der Waals surface area (Å²) in [5.41, 5.74) is 5.34. The topological polar surface area (TPSA) is 69.3 Å². The maximum atomic E-state index is 12.8. The molecule has 27 heavy (non-hydrogen) atoms. The normalized spacial score (nSPS) is 14.6. The summed E-state index contributed by atoms with van der Waals surface area (Å²) < 4.78 is 0. The van der Waals surface area contributed by atoms with Crippen LogP contribution >= 0.6 is 0 Å². The minimum Gasteiger partial charge on any atom is -0.345 e. The predicted octanol–water partition coefficient (Wildman–Crippen LogP) is 2.78. The Hall–Kier alpha value is -3.15. The number of fused-ring (bicyclic) bond motifs is 1. The van der Waals surface area contributed by atoms with Gasteiger partial charge in [0.2, 0.25) is 0 Å². The third kappa shape index (κ3) is 3.30. The first-order chi connectivity index (χ1) is 13.0. The van der Waals surface area contributed by atoms with Crippen LogP contribution in [0.25, 0.3) is 11.0 Å². The molecule has 1 aliphatic heterocycles. The molecular weight excluding hydrogens is 340 g/mol. The molecule has 0 aliphatic carbocycles. The van der Waals surface area contributed by atoms with Gasteiger partial charge in [-0.1, -0.05) is 6.07 Å². The summed E-state index contributed by atoms with van der Waals surface area (Å²) in [7, 11) is 0. The standard InChI is InChI=1S/C21H22N4O2/c1-14-3-4-16(11-15(14)2)20(26)24-7-9-25(10-8-24)21(27)17-5-6-18-19(12-17)23-13-22-18/h3-6,11-13H,7-10H2,1-2H3,(H,22,23). The summed E-state index contributed by atoms with van der Waals surface area (Å²) in [5, 5.41) is 0. The van der Waals surface area contributed by atoms with Crippen molar-refractivity contribution >= 4 is 22.8 Å². The van der Waals surface area contributed by atoms with Crippen LogP contribution in [-0.2, 0) is 0 Å². The molecule has 1 fully saturated rings. The number of carbonyl (C=O) groups is 2. The maximum absolute atomic E-state index is 12.8. The number of aryl methyl sites for hydroxylation is 2. The second-order valence-corrected chi connectivity index (χ2v) is 7.02. The molecular formula is C21H22N4O2. The van der Waals surface area contributed by atoms with Crippen LogP contribution in [0, 0.1) is 13.8 Å². The van der Waals surface area contributed by atoms with Crippen molar-refractivity contribution in [2.45, 2.75) is 13.8 Å². The van der Waals surface area contributed by atoms with Crippen molar-refractivity contribution in [3.05, 3.63) is 65.0 Å². The van der Waals surface area contributed by atoms with Crippen molar-refractivity contribution in [3.63, 3.8) is 0 Å². The van der Waals surface area contributed by atoms with E-state index in [4.69, 9.17) is 0 Å². The highest BCUT2D eigenvalue weighted by Crippen LogP contribution is 2.17. The van der Waals surface area contributed by atoms with Crippen LogP contribution in [0.2, 0.25) is 0 Å². The van der Waals surface area contributed by atoms with Crippen LogP contribution in [0.4, 0.5) is 0 Å². The number of piperazine rings is 1. The Bertz CT molecular complexity index is 1020. The fourth-order valence-electron chi connectivity index (χ4n) is 3.42. The monoisotopic (exact) mass is 362 g/mol. The van der Waals surface area contributed by atoms with E-state index in [0.717, 1.165) is 16.6 Å². The fraction of sp³-hybridized carbons (Fsp3) is 0.286. The van der Waals surface area contributed by atoms with E-state index in [1.807, 2.05) is 54.0 Å². The summed E-state index contributed by atoms with van der Waals surface area (Å²) in [5.74, 6) is 0.0221.